The van der Waals surface area contributed by atoms with Gasteiger partial charge in [-0.25, -0.2) is 4.58 Å². The van der Waals surface area contributed by atoms with E-state index < -0.39 is 0 Å². The van der Waals surface area contributed by atoms with Crippen molar-refractivity contribution >= 4 is 5.71 Å². The third-order valence-corrected chi connectivity index (χ3v) is 2.91. The Balaban J connectivity index is 0.00000220. The third kappa shape index (κ3) is 5.88. The number of ether oxygens (including phenoxy) is 1. The zero-order valence-electron chi connectivity index (χ0n) is 13.1. The molecule has 21 heavy (non-hydrogen) atoms. The topological polar surface area (TPSA) is 12.2 Å². The molecule has 102 valence electrons. The van der Waals surface area contributed by atoms with Crippen LogP contribution in [0, 0.1) is 6.26 Å². The van der Waals surface area contributed by atoms with E-state index in [1.165, 1.54) is 11.3 Å². The average molecular weight is 288 g/mol. The number of hydrogen-bond donors (Lipinski definition) is 0. The van der Waals surface area contributed by atoms with Gasteiger partial charge in [0, 0.05) is 12.2 Å². The second-order valence-electron chi connectivity index (χ2n) is 4.82. The predicted octanol–water partition coefficient (Wildman–Crippen LogP) is 0.489. The maximum Gasteiger partial charge on any atom is 1.00 e. The molecule has 1 heterocycles. The fraction of sp³-hybridized carbons (Fsp3) is 0.167. The molecule has 2 aliphatic rings. The minimum absolute atomic E-state index is 0. The summed E-state index contributed by atoms with van der Waals surface area (Å²) in [5, 5.41) is 0. The largest absolute Gasteiger partial charge is 1.00 e. The van der Waals surface area contributed by atoms with Crippen LogP contribution in [0.4, 0.5) is 0 Å². The molecule has 1 aliphatic carbocycles. The van der Waals surface area contributed by atoms with Crippen molar-refractivity contribution in [3.8, 4) is 0 Å². The molecule has 0 radical (unpaired) electrons. The van der Waals surface area contributed by atoms with Crippen LogP contribution in [0.25, 0.3) is 0 Å². The van der Waals surface area contributed by atoms with Crippen LogP contribution in [0.5, 0.6) is 0 Å². The first-order chi connectivity index (χ1) is 9.65. The van der Waals surface area contributed by atoms with Gasteiger partial charge >= 0.3 is 29.6 Å². The molecule has 0 saturated carbocycles. The van der Waals surface area contributed by atoms with Gasteiger partial charge in [0.2, 0.25) is 0 Å². The van der Waals surface area contributed by atoms with Gasteiger partial charge < -0.3 is 4.74 Å². The molecule has 0 atom stereocenters. The minimum Gasteiger partial charge on any atom is -0.585 e. The molecule has 0 spiro atoms. The zero-order valence-corrected chi connectivity index (χ0v) is 15.1. The summed E-state index contributed by atoms with van der Waals surface area (Å²) in [7, 11) is 4.08. The molecule has 0 aromatic carbocycles. The summed E-state index contributed by atoms with van der Waals surface area (Å²) in [5.74, 6) is 0.857. The maximum absolute atomic E-state index is 5.09. The van der Waals surface area contributed by atoms with Crippen molar-refractivity contribution in [2.45, 2.75) is 6.92 Å². The SMILES string of the molecule is CC1=C/C(=C\C=C\C=C2C=CC(=[N+](C)C)C=C2)C=[C-]O1.[Na+]. The van der Waals surface area contributed by atoms with Gasteiger partial charge in [-0.1, -0.05) is 25.2 Å². The molecule has 0 aromatic rings. The molecule has 0 bridgehead atoms. The molecule has 0 aromatic heterocycles. The molecule has 0 amide bonds. The van der Waals surface area contributed by atoms with Crippen molar-refractivity contribution in [2.24, 2.45) is 0 Å². The van der Waals surface area contributed by atoms with Crippen molar-refractivity contribution in [1.29, 1.82) is 0 Å². The first-order valence-corrected chi connectivity index (χ1v) is 6.58. The second-order valence-corrected chi connectivity index (χ2v) is 4.82. The maximum atomic E-state index is 5.09. The molecule has 2 rings (SSSR count). The number of nitrogens with zero attached hydrogens (tertiary/aromatic N) is 1. The Hall–Kier alpha value is -1.35. The molecule has 0 N–H and O–H groups in total. The van der Waals surface area contributed by atoms with Crippen LogP contribution >= 0.6 is 0 Å². The van der Waals surface area contributed by atoms with E-state index >= 15 is 0 Å². The Morgan fingerprint density at radius 1 is 1.00 bits per heavy atom. The van der Waals surface area contributed by atoms with Gasteiger partial charge in [-0.3, -0.25) is 0 Å². The summed E-state index contributed by atoms with van der Waals surface area (Å²) in [6.45, 7) is 1.91. The Labute approximate surface area is 149 Å². The standard InChI is InChI=1S/C18H19NO.Na/c1-15-14-17(12-13-20-15)7-5-4-6-16-8-10-18(11-9-16)19(2)3;/h4-12,14H,1-3H3;/q;+1/b5-4+,17-7-;. The number of hydrogen-bond acceptors (Lipinski definition) is 1. The summed E-state index contributed by atoms with van der Waals surface area (Å²) < 4.78 is 7.18. The summed E-state index contributed by atoms with van der Waals surface area (Å²) in [6, 6.07) is 0. The van der Waals surface area contributed by atoms with Crippen molar-refractivity contribution in [1.82, 2.24) is 0 Å². The minimum atomic E-state index is 0. The monoisotopic (exact) mass is 288 g/mol. The van der Waals surface area contributed by atoms with E-state index in [1.54, 1.807) is 0 Å². The Morgan fingerprint density at radius 3 is 2.19 bits per heavy atom. The summed E-state index contributed by atoms with van der Waals surface area (Å²) in [5.41, 5.74) is 3.48. The fourth-order valence-electron chi connectivity index (χ4n) is 1.81. The Kier molecular flexibility index (Phi) is 7.44. The van der Waals surface area contributed by atoms with Crippen LogP contribution in [0.15, 0.2) is 77.7 Å². The normalized spacial score (nSPS) is 18.6. The predicted molar refractivity (Wildman–Crippen MR) is 83.4 cm³/mol. The molecule has 0 unspecified atom stereocenters. The van der Waals surface area contributed by atoms with E-state index in [0.29, 0.717) is 0 Å². The number of rotatable bonds is 2. The van der Waals surface area contributed by atoms with Gasteiger partial charge in [0.05, 0.1) is 0 Å². The van der Waals surface area contributed by atoms with Gasteiger partial charge in [0.25, 0.3) is 0 Å². The van der Waals surface area contributed by atoms with Crippen molar-refractivity contribution in [3.63, 3.8) is 0 Å². The fourth-order valence-corrected chi connectivity index (χ4v) is 1.81. The molecular weight excluding hydrogens is 269 g/mol. The van der Waals surface area contributed by atoms with Crippen LogP contribution < -0.4 is 29.6 Å². The van der Waals surface area contributed by atoms with Crippen molar-refractivity contribution < 1.29 is 38.9 Å². The van der Waals surface area contributed by atoms with Gasteiger partial charge in [-0.2, -0.15) is 0 Å². The van der Waals surface area contributed by atoms with Crippen LogP contribution in [0.2, 0.25) is 0 Å². The van der Waals surface area contributed by atoms with E-state index in [4.69, 9.17) is 4.74 Å². The first-order valence-electron chi connectivity index (χ1n) is 6.58. The summed E-state index contributed by atoms with van der Waals surface area (Å²) >= 11 is 0. The van der Waals surface area contributed by atoms with Crippen molar-refractivity contribution in [2.75, 3.05) is 14.1 Å². The molecule has 1 aliphatic heterocycles. The van der Waals surface area contributed by atoms with Crippen LogP contribution in [0.1, 0.15) is 6.92 Å². The average Bonchev–Trinajstić information content (AvgIpc) is 2.44. The van der Waals surface area contributed by atoms with E-state index in [9.17, 15) is 0 Å². The van der Waals surface area contributed by atoms with Crippen LogP contribution in [-0.2, 0) is 4.74 Å². The summed E-state index contributed by atoms with van der Waals surface area (Å²) in [6.07, 6.45) is 23.2. The van der Waals surface area contributed by atoms with Gasteiger partial charge in [0.15, 0.2) is 5.71 Å². The van der Waals surface area contributed by atoms with Gasteiger partial charge in [-0.15, -0.1) is 23.8 Å². The molecular formula is C18H19NNaO+. The first kappa shape index (κ1) is 17.7. The molecule has 3 heteroatoms. The Morgan fingerprint density at radius 2 is 1.62 bits per heavy atom. The number of allylic oxidation sites excluding steroid dienone is 13. The Bertz CT molecular complexity index is 604. The molecule has 0 saturated heterocycles. The van der Waals surface area contributed by atoms with E-state index in [2.05, 4.69) is 41.2 Å². The van der Waals surface area contributed by atoms with Crippen LogP contribution in [0.3, 0.4) is 0 Å². The van der Waals surface area contributed by atoms with Crippen molar-refractivity contribution in [3.05, 3.63) is 83.9 Å². The summed E-state index contributed by atoms with van der Waals surface area (Å²) in [4.78, 5) is 0. The van der Waals surface area contributed by atoms with E-state index in [-0.39, 0.29) is 29.6 Å². The zero-order chi connectivity index (χ0) is 14.4. The van der Waals surface area contributed by atoms with Gasteiger partial charge in [-0.05, 0) is 29.7 Å². The second kappa shape index (κ2) is 8.83. The van der Waals surface area contributed by atoms with E-state index in [1.807, 2.05) is 51.4 Å². The van der Waals surface area contributed by atoms with Gasteiger partial charge in [0.1, 0.15) is 14.1 Å². The van der Waals surface area contributed by atoms with Crippen LogP contribution in [-0.4, -0.2) is 24.4 Å². The molecule has 2 nitrogen and oxygen atoms in total. The quantitative estimate of drug-likeness (QED) is 0.409. The third-order valence-electron chi connectivity index (χ3n) is 2.91. The molecule has 0 fully saturated rings. The van der Waals surface area contributed by atoms with E-state index in [0.717, 1.165) is 11.3 Å². The smallest absolute Gasteiger partial charge is 0.585 e.